The van der Waals surface area contributed by atoms with Crippen molar-refractivity contribution in [1.29, 1.82) is 0 Å². The van der Waals surface area contributed by atoms with Crippen LogP contribution in [0.25, 0.3) is 0 Å². The van der Waals surface area contributed by atoms with Crippen molar-refractivity contribution in [3.05, 3.63) is 29.6 Å². The summed E-state index contributed by atoms with van der Waals surface area (Å²) in [5.74, 6) is 0.0350. The topological polar surface area (TPSA) is 52.5 Å². The number of benzene rings is 1. The molecule has 1 aromatic rings. The van der Waals surface area contributed by atoms with Crippen LogP contribution in [0.1, 0.15) is 18.4 Å². The fraction of sp³-hybridized carbons (Fsp3) is 0.538. The van der Waals surface area contributed by atoms with Gasteiger partial charge in [0.15, 0.2) is 0 Å². The number of rotatable bonds is 7. The molecular formula is C13H18FNO2S. The second-order valence-electron chi connectivity index (χ2n) is 4.57. The van der Waals surface area contributed by atoms with Crippen LogP contribution in [0.15, 0.2) is 23.1 Å². The van der Waals surface area contributed by atoms with Gasteiger partial charge in [-0.05, 0) is 30.5 Å². The van der Waals surface area contributed by atoms with Gasteiger partial charge in [0.25, 0.3) is 0 Å². The molecule has 1 aliphatic carbocycles. The van der Waals surface area contributed by atoms with E-state index in [1.54, 1.807) is 6.07 Å². The highest BCUT2D eigenvalue weighted by molar-refractivity contribution is 7.99. The zero-order valence-corrected chi connectivity index (χ0v) is 10.9. The van der Waals surface area contributed by atoms with Crippen LogP contribution in [0.4, 0.5) is 4.39 Å². The summed E-state index contributed by atoms with van der Waals surface area (Å²) in [5.41, 5.74) is 0.937. The molecule has 18 heavy (non-hydrogen) atoms. The number of thioether (sulfide) groups is 1. The standard InChI is InChI=1S/C13H18FNO2S/c14-12-5-9(6-15-10-2-3-10)1-4-13(12)18-8-11(17)7-16/h1,4-5,10-11,15-17H,2-3,6-8H2. The highest BCUT2D eigenvalue weighted by atomic mass is 32.2. The monoisotopic (exact) mass is 271 g/mol. The molecule has 1 saturated carbocycles. The van der Waals surface area contributed by atoms with E-state index in [9.17, 15) is 9.50 Å². The van der Waals surface area contributed by atoms with Gasteiger partial charge in [-0.2, -0.15) is 0 Å². The van der Waals surface area contributed by atoms with Crippen LogP contribution in [0, 0.1) is 5.82 Å². The van der Waals surface area contributed by atoms with E-state index < -0.39 is 6.10 Å². The van der Waals surface area contributed by atoms with Crippen molar-refractivity contribution in [2.45, 2.75) is 36.4 Å². The SMILES string of the molecule is OCC(O)CSc1ccc(CNC2CC2)cc1F. The molecule has 0 radical (unpaired) electrons. The normalized spacial score (nSPS) is 16.8. The summed E-state index contributed by atoms with van der Waals surface area (Å²) in [5, 5.41) is 21.2. The lowest BCUT2D eigenvalue weighted by Crippen LogP contribution is -2.15. The highest BCUT2D eigenvalue weighted by Gasteiger charge is 2.20. The first-order chi connectivity index (χ1) is 8.69. The van der Waals surface area contributed by atoms with Crippen molar-refractivity contribution in [1.82, 2.24) is 5.32 Å². The lowest BCUT2D eigenvalue weighted by molar-refractivity contribution is 0.113. The Kier molecular flexibility index (Phi) is 5.00. The molecule has 0 amide bonds. The van der Waals surface area contributed by atoms with Crippen molar-refractivity contribution in [3.8, 4) is 0 Å². The molecule has 0 heterocycles. The Morgan fingerprint density at radius 2 is 2.22 bits per heavy atom. The molecule has 0 saturated heterocycles. The van der Waals surface area contributed by atoms with E-state index in [1.165, 1.54) is 30.7 Å². The fourth-order valence-corrected chi connectivity index (χ4v) is 2.40. The molecule has 1 atom stereocenters. The smallest absolute Gasteiger partial charge is 0.137 e. The maximum atomic E-state index is 13.8. The van der Waals surface area contributed by atoms with E-state index in [0.29, 0.717) is 23.2 Å². The molecule has 0 aliphatic heterocycles. The lowest BCUT2D eigenvalue weighted by Gasteiger charge is -2.09. The van der Waals surface area contributed by atoms with Gasteiger partial charge < -0.3 is 15.5 Å². The average molecular weight is 271 g/mol. The summed E-state index contributed by atoms with van der Waals surface area (Å²) in [4.78, 5) is 0.512. The van der Waals surface area contributed by atoms with Crippen molar-refractivity contribution >= 4 is 11.8 Å². The van der Waals surface area contributed by atoms with Gasteiger partial charge in [0.1, 0.15) is 5.82 Å². The van der Waals surface area contributed by atoms with Crippen molar-refractivity contribution in [2.75, 3.05) is 12.4 Å². The predicted octanol–water partition coefficient (Wildman–Crippen LogP) is 1.52. The van der Waals surface area contributed by atoms with Crippen LogP contribution in [0.5, 0.6) is 0 Å². The number of aliphatic hydroxyl groups is 2. The summed E-state index contributed by atoms with van der Waals surface area (Å²) >= 11 is 1.22. The molecule has 0 spiro atoms. The maximum Gasteiger partial charge on any atom is 0.137 e. The van der Waals surface area contributed by atoms with E-state index in [4.69, 9.17) is 5.11 Å². The second-order valence-corrected chi connectivity index (χ2v) is 5.63. The van der Waals surface area contributed by atoms with Crippen LogP contribution in [-0.2, 0) is 6.54 Å². The Morgan fingerprint density at radius 1 is 1.44 bits per heavy atom. The Morgan fingerprint density at radius 3 is 2.83 bits per heavy atom. The first kappa shape index (κ1) is 13.8. The van der Waals surface area contributed by atoms with Gasteiger partial charge >= 0.3 is 0 Å². The van der Waals surface area contributed by atoms with Gasteiger partial charge in [0.05, 0.1) is 12.7 Å². The number of aliphatic hydroxyl groups excluding tert-OH is 2. The number of hydrogen-bond donors (Lipinski definition) is 3. The first-order valence-electron chi connectivity index (χ1n) is 6.12. The zero-order chi connectivity index (χ0) is 13.0. The van der Waals surface area contributed by atoms with Gasteiger partial charge in [-0.25, -0.2) is 4.39 Å². The molecule has 1 unspecified atom stereocenters. The molecule has 3 nitrogen and oxygen atoms in total. The lowest BCUT2D eigenvalue weighted by atomic mass is 10.2. The maximum absolute atomic E-state index is 13.8. The van der Waals surface area contributed by atoms with Gasteiger partial charge in [-0.15, -0.1) is 11.8 Å². The first-order valence-corrected chi connectivity index (χ1v) is 7.11. The molecular weight excluding hydrogens is 253 g/mol. The minimum atomic E-state index is -0.800. The molecule has 3 N–H and O–H groups in total. The van der Waals surface area contributed by atoms with Crippen LogP contribution in [-0.4, -0.2) is 34.7 Å². The second kappa shape index (κ2) is 6.52. The Bertz CT molecular complexity index is 399. The third-order valence-corrected chi connectivity index (χ3v) is 4.00. The summed E-state index contributed by atoms with van der Waals surface area (Å²) in [7, 11) is 0. The van der Waals surface area contributed by atoms with Gasteiger partial charge in [0, 0.05) is 23.2 Å². The zero-order valence-electron chi connectivity index (χ0n) is 10.1. The molecule has 100 valence electrons. The molecule has 1 aromatic carbocycles. The van der Waals surface area contributed by atoms with E-state index >= 15 is 0 Å². The summed E-state index contributed by atoms with van der Waals surface area (Å²) in [6.45, 7) is 0.407. The Balaban J connectivity index is 1.87. The quantitative estimate of drug-likeness (QED) is 0.658. The summed E-state index contributed by atoms with van der Waals surface area (Å²) < 4.78 is 13.8. The number of halogens is 1. The Labute approximate surface area is 110 Å². The number of hydrogen-bond acceptors (Lipinski definition) is 4. The van der Waals surface area contributed by atoms with Crippen LogP contribution in [0.2, 0.25) is 0 Å². The van der Waals surface area contributed by atoms with E-state index in [-0.39, 0.29) is 12.4 Å². The molecule has 0 aromatic heterocycles. The van der Waals surface area contributed by atoms with Gasteiger partial charge in [-0.1, -0.05) is 6.07 Å². The van der Waals surface area contributed by atoms with Crippen molar-refractivity contribution in [3.63, 3.8) is 0 Å². The van der Waals surface area contributed by atoms with E-state index in [0.717, 1.165) is 5.56 Å². The van der Waals surface area contributed by atoms with Crippen LogP contribution in [0.3, 0.4) is 0 Å². The third-order valence-electron chi connectivity index (χ3n) is 2.81. The van der Waals surface area contributed by atoms with E-state index in [1.807, 2.05) is 6.07 Å². The predicted molar refractivity (Wildman–Crippen MR) is 70.1 cm³/mol. The van der Waals surface area contributed by atoms with Crippen LogP contribution < -0.4 is 5.32 Å². The Hall–Kier alpha value is -0.620. The van der Waals surface area contributed by atoms with E-state index in [2.05, 4.69) is 5.32 Å². The largest absolute Gasteiger partial charge is 0.394 e. The fourth-order valence-electron chi connectivity index (χ4n) is 1.56. The van der Waals surface area contributed by atoms with Gasteiger partial charge in [0.2, 0.25) is 0 Å². The number of nitrogens with one attached hydrogen (secondary N) is 1. The summed E-state index contributed by atoms with van der Waals surface area (Å²) in [6.07, 6.45) is 1.64. The third kappa shape index (κ3) is 4.24. The van der Waals surface area contributed by atoms with Gasteiger partial charge in [-0.3, -0.25) is 0 Å². The van der Waals surface area contributed by atoms with Crippen molar-refractivity contribution < 1.29 is 14.6 Å². The van der Waals surface area contributed by atoms with Crippen LogP contribution >= 0.6 is 11.8 Å². The summed E-state index contributed by atoms with van der Waals surface area (Å²) in [6, 6.07) is 5.77. The molecule has 1 aliphatic rings. The van der Waals surface area contributed by atoms with Crippen molar-refractivity contribution in [2.24, 2.45) is 0 Å². The highest BCUT2D eigenvalue weighted by Crippen LogP contribution is 2.24. The molecule has 0 bridgehead atoms. The molecule has 2 rings (SSSR count). The molecule has 1 fully saturated rings. The average Bonchev–Trinajstić information content (AvgIpc) is 3.18. The minimum Gasteiger partial charge on any atom is -0.394 e. The molecule has 5 heteroatoms. The minimum absolute atomic E-state index is 0.264.